The normalized spacial score (nSPS) is 12.4. The molecule has 0 atom stereocenters. The van der Waals surface area contributed by atoms with Crippen molar-refractivity contribution >= 4 is 23.2 Å². The molecule has 1 aromatic heterocycles. The fraction of sp³-hybridized carbons (Fsp3) is 0.379. The van der Waals surface area contributed by atoms with Crippen LogP contribution in [-0.4, -0.2) is 55.2 Å². The molecule has 196 valence electrons. The maximum absolute atomic E-state index is 13.6. The van der Waals surface area contributed by atoms with Crippen molar-refractivity contribution in [3.63, 3.8) is 0 Å². The molecule has 4 rings (SSSR count). The van der Waals surface area contributed by atoms with Gasteiger partial charge in [0.15, 0.2) is 11.5 Å². The molecule has 0 N–H and O–H groups in total. The van der Waals surface area contributed by atoms with Crippen LogP contribution < -0.4 is 9.47 Å². The Hall–Kier alpha value is -3.36. The predicted octanol–water partition coefficient (Wildman–Crippen LogP) is 5.09. The van der Waals surface area contributed by atoms with Gasteiger partial charge in [-0.05, 0) is 52.3 Å². The first kappa shape index (κ1) is 26.7. The third kappa shape index (κ3) is 6.90. The van der Waals surface area contributed by atoms with E-state index < -0.39 is 0 Å². The van der Waals surface area contributed by atoms with Gasteiger partial charge in [-0.25, -0.2) is 0 Å². The lowest BCUT2D eigenvalue weighted by molar-refractivity contribution is -0.133. The molecular formula is C29H34N2O5S. The first-order valence-corrected chi connectivity index (χ1v) is 13.2. The molecule has 2 amide bonds. The second-order valence-corrected chi connectivity index (χ2v) is 11.1. The molecule has 0 radical (unpaired) electrons. The van der Waals surface area contributed by atoms with E-state index in [-0.39, 0.29) is 30.6 Å². The largest absolute Gasteiger partial charge is 0.454 e. The number of carbonyl (C=O) groups is 2. The highest BCUT2D eigenvalue weighted by molar-refractivity contribution is 7.09. The number of amides is 2. The van der Waals surface area contributed by atoms with E-state index >= 15 is 0 Å². The molecule has 8 heteroatoms. The van der Waals surface area contributed by atoms with Gasteiger partial charge in [-0.15, -0.1) is 11.3 Å². The van der Waals surface area contributed by atoms with Crippen LogP contribution in [0.5, 0.6) is 11.5 Å². The van der Waals surface area contributed by atoms with Gasteiger partial charge >= 0.3 is 0 Å². The minimum absolute atomic E-state index is 0.00963. The Balaban J connectivity index is 1.53. The maximum Gasteiger partial charge on any atom is 0.254 e. The van der Waals surface area contributed by atoms with Crippen LogP contribution in [0, 0.1) is 0 Å². The Labute approximate surface area is 222 Å². The van der Waals surface area contributed by atoms with Crippen molar-refractivity contribution in [3.05, 3.63) is 81.5 Å². The van der Waals surface area contributed by atoms with E-state index in [2.05, 4.69) is 20.8 Å². The second kappa shape index (κ2) is 11.8. The molecule has 1 aliphatic heterocycles. The molecular weight excluding hydrogens is 488 g/mol. The molecule has 0 fully saturated rings. The number of methoxy groups -OCH3 is 1. The number of ether oxygens (including phenoxy) is 3. The minimum atomic E-state index is -0.190. The Morgan fingerprint density at radius 2 is 1.73 bits per heavy atom. The zero-order valence-corrected chi connectivity index (χ0v) is 22.7. The first-order valence-electron chi connectivity index (χ1n) is 12.3. The Kier molecular flexibility index (Phi) is 8.51. The number of nitrogens with zero attached hydrogens (tertiary/aromatic N) is 2. The number of thiophene rings is 1. The zero-order valence-electron chi connectivity index (χ0n) is 21.9. The van der Waals surface area contributed by atoms with Crippen molar-refractivity contribution in [2.24, 2.45) is 0 Å². The summed E-state index contributed by atoms with van der Waals surface area (Å²) in [4.78, 5) is 31.5. The molecule has 2 aromatic carbocycles. The van der Waals surface area contributed by atoms with Gasteiger partial charge in [0, 0.05) is 30.6 Å². The Bertz CT molecular complexity index is 1200. The smallest absolute Gasteiger partial charge is 0.254 e. The number of benzene rings is 2. The van der Waals surface area contributed by atoms with Crippen molar-refractivity contribution < 1.29 is 23.8 Å². The molecule has 0 unspecified atom stereocenters. The summed E-state index contributed by atoms with van der Waals surface area (Å²) in [5, 5.41) is 1.99. The maximum atomic E-state index is 13.6. The van der Waals surface area contributed by atoms with Gasteiger partial charge in [0.25, 0.3) is 5.91 Å². The van der Waals surface area contributed by atoms with Gasteiger partial charge < -0.3 is 24.0 Å². The number of hydrogen-bond donors (Lipinski definition) is 0. The number of fused-ring (bicyclic) bond motifs is 1. The molecule has 37 heavy (non-hydrogen) atoms. The third-order valence-electron chi connectivity index (χ3n) is 6.27. The van der Waals surface area contributed by atoms with E-state index in [4.69, 9.17) is 14.2 Å². The lowest BCUT2D eigenvalue weighted by Gasteiger charge is -2.28. The summed E-state index contributed by atoms with van der Waals surface area (Å²) in [6, 6.07) is 17.3. The van der Waals surface area contributed by atoms with Crippen LogP contribution in [0.4, 0.5) is 0 Å². The van der Waals surface area contributed by atoms with Crippen molar-refractivity contribution in [2.45, 2.75) is 39.3 Å². The van der Waals surface area contributed by atoms with Gasteiger partial charge in [0.2, 0.25) is 12.7 Å². The van der Waals surface area contributed by atoms with Crippen LogP contribution in [0.25, 0.3) is 0 Å². The van der Waals surface area contributed by atoms with Crippen LogP contribution in [-0.2, 0) is 28.0 Å². The molecule has 1 aliphatic rings. The highest BCUT2D eigenvalue weighted by Crippen LogP contribution is 2.33. The molecule has 2 heterocycles. The fourth-order valence-corrected chi connectivity index (χ4v) is 4.81. The summed E-state index contributed by atoms with van der Waals surface area (Å²) in [6.45, 7) is 8.06. The SMILES string of the molecule is COCCN(CC(=O)N(Cc1ccc2c(c1)OCO2)Cc1cccs1)C(=O)c1ccc(C(C)(C)C)cc1. The van der Waals surface area contributed by atoms with Crippen molar-refractivity contribution in [3.8, 4) is 11.5 Å². The van der Waals surface area contributed by atoms with Gasteiger partial charge in [-0.1, -0.05) is 45.0 Å². The summed E-state index contributed by atoms with van der Waals surface area (Å²) in [5.74, 6) is 1.05. The molecule has 0 spiro atoms. The van der Waals surface area contributed by atoms with Crippen LogP contribution in [0.15, 0.2) is 60.0 Å². The lowest BCUT2D eigenvalue weighted by Crippen LogP contribution is -2.43. The summed E-state index contributed by atoms with van der Waals surface area (Å²) >= 11 is 1.60. The topological polar surface area (TPSA) is 68.3 Å². The average molecular weight is 523 g/mol. The highest BCUT2D eigenvalue weighted by atomic mass is 32.1. The molecule has 0 saturated carbocycles. The summed E-state index contributed by atoms with van der Waals surface area (Å²) in [6.07, 6.45) is 0. The van der Waals surface area contributed by atoms with E-state index in [9.17, 15) is 9.59 Å². The second-order valence-electron chi connectivity index (χ2n) is 10.1. The highest BCUT2D eigenvalue weighted by Gasteiger charge is 2.24. The van der Waals surface area contributed by atoms with Crippen LogP contribution in [0.1, 0.15) is 47.1 Å². The van der Waals surface area contributed by atoms with Crippen LogP contribution >= 0.6 is 11.3 Å². The van der Waals surface area contributed by atoms with Crippen molar-refractivity contribution in [2.75, 3.05) is 33.6 Å². The molecule has 0 bridgehead atoms. The van der Waals surface area contributed by atoms with Gasteiger partial charge in [0.05, 0.1) is 13.2 Å². The van der Waals surface area contributed by atoms with E-state index in [1.165, 1.54) is 0 Å². The summed E-state index contributed by atoms with van der Waals surface area (Å²) in [7, 11) is 1.59. The average Bonchev–Trinajstić information content (AvgIpc) is 3.57. The number of rotatable bonds is 10. The van der Waals surface area contributed by atoms with E-state index in [0.717, 1.165) is 16.0 Å². The molecule has 0 aliphatic carbocycles. The fourth-order valence-electron chi connectivity index (χ4n) is 4.10. The predicted molar refractivity (Wildman–Crippen MR) is 144 cm³/mol. The van der Waals surface area contributed by atoms with E-state index in [1.54, 1.807) is 28.2 Å². The zero-order chi connectivity index (χ0) is 26.4. The van der Waals surface area contributed by atoms with Crippen molar-refractivity contribution in [1.82, 2.24) is 9.80 Å². The number of carbonyl (C=O) groups excluding carboxylic acids is 2. The standard InChI is InChI=1S/C29H34N2O5S/c1-29(2,3)23-10-8-22(9-11-23)28(33)30(13-14-34-4)19-27(32)31(18-24-6-5-15-37-24)17-21-7-12-25-26(16-21)36-20-35-25/h5-12,15-16H,13-14,17-20H2,1-4H3. The molecule has 0 saturated heterocycles. The number of hydrogen-bond acceptors (Lipinski definition) is 6. The first-order chi connectivity index (χ1) is 17.7. The summed E-state index contributed by atoms with van der Waals surface area (Å²) in [5.41, 5.74) is 2.62. The quantitative estimate of drug-likeness (QED) is 0.371. The lowest BCUT2D eigenvalue weighted by atomic mass is 9.86. The van der Waals surface area contributed by atoms with Gasteiger partial charge in [0.1, 0.15) is 6.54 Å². The Morgan fingerprint density at radius 1 is 0.973 bits per heavy atom. The summed E-state index contributed by atoms with van der Waals surface area (Å²) < 4.78 is 16.2. The molecule has 3 aromatic rings. The van der Waals surface area contributed by atoms with E-state index in [0.29, 0.717) is 43.3 Å². The van der Waals surface area contributed by atoms with Crippen LogP contribution in [0.3, 0.4) is 0 Å². The molecule has 7 nitrogen and oxygen atoms in total. The third-order valence-corrected chi connectivity index (χ3v) is 7.13. The van der Waals surface area contributed by atoms with Crippen LogP contribution in [0.2, 0.25) is 0 Å². The van der Waals surface area contributed by atoms with Crippen molar-refractivity contribution in [1.29, 1.82) is 0 Å². The Morgan fingerprint density at radius 3 is 2.41 bits per heavy atom. The monoisotopic (exact) mass is 522 g/mol. The minimum Gasteiger partial charge on any atom is -0.454 e. The van der Waals surface area contributed by atoms with E-state index in [1.807, 2.05) is 60.0 Å². The van der Waals surface area contributed by atoms with Gasteiger partial charge in [-0.2, -0.15) is 0 Å². The van der Waals surface area contributed by atoms with Gasteiger partial charge in [-0.3, -0.25) is 9.59 Å².